The van der Waals surface area contributed by atoms with Crippen LogP contribution in [0.25, 0.3) is 0 Å². The molecule has 1 heterocycles. The minimum atomic E-state index is -0.396. The third-order valence-electron chi connectivity index (χ3n) is 4.79. The molecule has 0 bridgehead atoms. The van der Waals surface area contributed by atoms with Gasteiger partial charge in [-0.3, -0.25) is 9.59 Å². The van der Waals surface area contributed by atoms with Gasteiger partial charge < -0.3 is 24.3 Å². The Labute approximate surface area is 186 Å². The van der Waals surface area contributed by atoms with E-state index in [1.165, 1.54) is 20.4 Å². The molecule has 0 spiro atoms. The summed E-state index contributed by atoms with van der Waals surface area (Å²) in [5, 5.41) is 6.78. The van der Waals surface area contributed by atoms with Crippen molar-refractivity contribution >= 4 is 18.0 Å². The van der Waals surface area contributed by atoms with Crippen molar-refractivity contribution in [3.8, 4) is 17.2 Å². The Morgan fingerprint density at radius 1 is 1.09 bits per heavy atom. The lowest BCUT2D eigenvalue weighted by Gasteiger charge is -2.11. The highest BCUT2D eigenvalue weighted by molar-refractivity contribution is 5.95. The van der Waals surface area contributed by atoms with E-state index >= 15 is 0 Å². The standard InChI is InChI=1S/C23H27N3O6/c1-29-20-10-17(11-21(12-20)30-2)23(28)26-25-13-16-5-7-18(8-6-16)32-15-22(27)24-14-19-4-3-9-31-19/h5-8,10-13,19H,3-4,9,14-15H2,1-2H3,(H,24,27)(H,26,28)/b25-13+/t19-/m0/s1. The van der Waals surface area contributed by atoms with Crippen LogP contribution in [0.15, 0.2) is 47.6 Å². The van der Waals surface area contributed by atoms with Crippen LogP contribution in [0.2, 0.25) is 0 Å². The van der Waals surface area contributed by atoms with E-state index in [2.05, 4.69) is 15.8 Å². The van der Waals surface area contributed by atoms with Crippen molar-refractivity contribution < 1.29 is 28.5 Å². The van der Waals surface area contributed by atoms with Crippen LogP contribution in [0.1, 0.15) is 28.8 Å². The molecule has 2 aromatic rings. The van der Waals surface area contributed by atoms with Gasteiger partial charge >= 0.3 is 0 Å². The van der Waals surface area contributed by atoms with E-state index in [0.717, 1.165) is 25.0 Å². The number of nitrogens with one attached hydrogen (secondary N) is 2. The fourth-order valence-electron chi connectivity index (χ4n) is 3.05. The molecule has 2 N–H and O–H groups in total. The average Bonchev–Trinajstić information content (AvgIpc) is 3.35. The van der Waals surface area contributed by atoms with Crippen molar-refractivity contribution in [1.29, 1.82) is 0 Å². The first-order valence-corrected chi connectivity index (χ1v) is 10.2. The number of rotatable bonds is 10. The Morgan fingerprint density at radius 2 is 1.81 bits per heavy atom. The van der Waals surface area contributed by atoms with Gasteiger partial charge in [0, 0.05) is 24.8 Å². The van der Waals surface area contributed by atoms with Crippen molar-refractivity contribution in [3.05, 3.63) is 53.6 Å². The maximum Gasteiger partial charge on any atom is 0.271 e. The molecule has 1 saturated heterocycles. The number of hydrogen-bond acceptors (Lipinski definition) is 7. The summed E-state index contributed by atoms with van der Waals surface area (Å²) in [6, 6.07) is 11.9. The van der Waals surface area contributed by atoms with Gasteiger partial charge in [0.1, 0.15) is 17.2 Å². The van der Waals surface area contributed by atoms with Gasteiger partial charge in [0.25, 0.3) is 11.8 Å². The summed E-state index contributed by atoms with van der Waals surface area (Å²) in [5.74, 6) is 0.988. The molecule has 2 aromatic carbocycles. The minimum Gasteiger partial charge on any atom is -0.497 e. The number of hydrogen-bond donors (Lipinski definition) is 2. The third kappa shape index (κ3) is 6.98. The lowest BCUT2D eigenvalue weighted by molar-refractivity contribution is -0.123. The second-order valence-electron chi connectivity index (χ2n) is 7.10. The molecule has 1 aliphatic heterocycles. The zero-order chi connectivity index (χ0) is 22.8. The molecule has 0 saturated carbocycles. The van der Waals surface area contributed by atoms with Crippen LogP contribution in [0.5, 0.6) is 17.2 Å². The number of carbonyl (C=O) groups excluding carboxylic acids is 2. The quantitative estimate of drug-likeness (QED) is 0.432. The van der Waals surface area contributed by atoms with Crippen LogP contribution in [0.3, 0.4) is 0 Å². The second kappa shape index (κ2) is 11.7. The normalized spacial score (nSPS) is 15.4. The molecule has 1 atom stereocenters. The molecule has 170 valence electrons. The second-order valence-corrected chi connectivity index (χ2v) is 7.10. The lowest BCUT2D eigenvalue weighted by atomic mass is 10.2. The summed E-state index contributed by atoms with van der Waals surface area (Å²) in [5.41, 5.74) is 3.58. The van der Waals surface area contributed by atoms with Crippen LogP contribution in [-0.2, 0) is 9.53 Å². The van der Waals surface area contributed by atoms with Gasteiger partial charge in [-0.05, 0) is 54.8 Å². The van der Waals surface area contributed by atoms with E-state index in [1.807, 2.05) is 0 Å². The fraction of sp³-hybridized carbons (Fsp3) is 0.348. The molecule has 32 heavy (non-hydrogen) atoms. The van der Waals surface area contributed by atoms with E-state index in [4.69, 9.17) is 18.9 Å². The molecule has 2 amide bonds. The highest BCUT2D eigenvalue weighted by atomic mass is 16.5. The Hall–Kier alpha value is -3.59. The monoisotopic (exact) mass is 441 g/mol. The molecule has 3 rings (SSSR count). The highest BCUT2D eigenvalue weighted by Crippen LogP contribution is 2.22. The maximum absolute atomic E-state index is 12.3. The summed E-state index contributed by atoms with van der Waals surface area (Å²) < 4.78 is 21.3. The van der Waals surface area contributed by atoms with Gasteiger partial charge in [-0.2, -0.15) is 5.10 Å². The Balaban J connectivity index is 1.44. The van der Waals surface area contributed by atoms with Crippen molar-refractivity contribution in [2.24, 2.45) is 5.10 Å². The van der Waals surface area contributed by atoms with Crippen molar-refractivity contribution in [1.82, 2.24) is 10.7 Å². The van der Waals surface area contributed by atoms with E-state index in [-0.39, 0.29) is 18.6 Å². The van der Waals surface area contributed by atoms with E-state index in [9.17, 15) is 9.59 Å². The van der Waals surface area contributed by atoms with E-state index in [0.29, 0.717) is 29.4 Å². The molecule has 9 nitrogen and oxygen atoms in total. The first kappa shape index (κ1) is 23.1. The van der Waals surface area contributed by atoms with Gasteiger partial charge in [-0.15, -0.1) is 0 Å². The zero-order valence-electron chi connectivity index (χ0n) is 18.1. The summed E-state index contributed by atoms with van der Waals surface area (Å²) in [7, 11) is 3.03. The lowest BCUT2D eigenvalue weighted by Crippen LogP contribution is -2.35. The topological polar surface area (TPSA) is 107 Å². The molecular weight excluding hydrogens is 414 g/mol. The number of hydrazone groups is 1. The number of amides is 2. The zero-order valence-corrected chi connectivity index (χ0v) is 18.1. The summed E-state index contributed by atoms with van der Waals surface area (Å²) >= 11 is 0. The SMILES string of the molecule is COc1cc(OC)cc(C(=O)N/N=C/c2ccc(OCC(=O)NC[C@@H]3CCCO3)cc2)c1. The van der Waals surface area contributed by atoms with Crippen LogP contribution >= 0.6 is 0 Å². The van der Waals surface area contributed by atoms with Crippen molar-refractivity contribution in [2.75, 3.05) is 34.0 Å². The maximum atomic E-state index is 12.3. The third-order valence-corrected chi connectivity index (χ3v) is 4.79. The summed E-state index contributed by atoms with van der Waals surface area (Å²) in [6.07, 6.45) is 3.61. The van der Waals surface area contributed by atoms with Gasteiger partial charge in [-0.25, -0.2) is 5.43 Å². The Kier molecular flexibility index (Phi) is 8.44. The molecule has 1 fully saturated rings. The number of nitrogens with zero attached hydrogens (tertiary/aromatic N) is 1. The summed E-state index contributed by atoms with van der Waals surface area (Å²) in [6.45, 7) is 1.19. The first-order valence-electron chi connectivity index (χ1n) is 10.2. The smallest absolute Gasteiger partial charge is 0.271 e. The minimum absolute atomic E-state index is 0.0692. The van der Waals surface area contributed by atoms with Crippen molar-refractivity contribution in [3.63, 3.8) is 0 Å². The molecule has 0 radical (unpaired) electrons. The Morgan fingerprint density at radius 3 is 2.44 bits per heavy atom. The molecule has 0 aliphatic carbocycles. The largest absolute Gasteiger partial charge is 0.497 e. The molecule has 0 aromatic heterocycles. The highest BCUT2D eigenvalue weighted by Gasteiger charge is 2.16. The molecule has 0 unspecified atom stereocenters. The number of methoxy groups -OCH3 is 2. The Bertz CT molecular complexity index is 917. The predicted octanol–water partition coefficient (Wildman–Crippen LogP) is 2.14. The molecule has 1 aliphatic rings. The van der Waals surface area contributed by atoms with Crippen LogP contribution < -0.4 is 25.0 Å². The first-order chi connectivity index (χ1) is 15.6. The van der Waals surface area contributed by atoms with Crippen molar-refractivity contribution in [2.45, 2.75) is 18.9 Å². The number of ether oxygens (including phenoxy) is 4. The van der Waals surface area contributed by atoms with Gasteiger partial charge in [-0.1, -0.05) is 0 Å². The van der Waals surface area contributed by atoms with E-state index in [1.54, 1.807) is 42.5 Å². The van der Waals surface area contributed by atoms with Gasteiger partial charge in [0.2, 0.25) is 0 Å². The van der Waals surface area contributed by atoms with E-state index < -0.39 is 5.91 Å². The van der Waals surface area contributed by atoms with Crippen LogP contribution in [0, 0.1) is 0 Å². The molecular formula is C23H27N3O6. The summed E-state index contributed by atoms with van der Waals surface area (Å²) in [4.78, 5) is 24.2. The van der Waals surface area contributed by atoms with Gasteiger partial charge in [0.05, 0.1) is 26.5 Å². The van der Waals surface area contributed by atoms with Crippen LogP contribution in [-0.4, -0.2) is 58.1 Å². The fourth-order valence-corrected chi connectivity index (χ4v) is 3.05. The predicted molar refractivity (Wildman–Crippen MR) is 119 cm³/mol. The average molecular weight is 441 g/mol. The number of carbonyl (C=O) groups is 2. The van der Waals surface area contributed by atoms with Crippen LogP contribution in [0.4, 0.5) is 0 Å². The van der Waals surface area contributed by atoms with Gasteiger partial charge in [0.15, 0.2) is 6.61 Å². The molecule has 9 heteroatoms. The number of benzene rings is 2.